The van der Waals surface area contributed by atoms with Crippen molar-refractivity contribution in [3.05, 3.63) is 48.0 Å². The van der Waals surface area contributed by atoms with Crippen molar-refractivity contribution in [1.82, 2.24) is 39.7 Å². The van der Waals surface area contributed by atoms with E-state index in [1.54, 1.807) is 11.6 Å². The van der Waals surface area contributed by atoms with Gasteiger partial charge in [-0.15, -0.1) is 10.2 Å². The quantitative estimate of drug-likeness (QED) is 0.202. The fourth-order valence-corrected chi connectivity index (χ4v) is 5.29. The molecule has 1 aliphatic carbocycles. The number of tetrazole rings is 1. The van der Waals surface area contributed by atoms with Crippen LogP contribution in [0.3, 0.4) is 0 Å². The molecule has 1 unspecified atom stereocenters. The van der Waals surface area contributed by atoms with Gasteiger partial charge in [0.2, 0.25) is 11.8 Å². The van der Waals surface area contributed by atoms with Crippen LogP contribution in [0.15, 0.2) is 36.7 Å². The predicted molar refractivity (Wildman–Crippen MR) is 140 cm³/mol. The van der Waals surface area contributed by atoms with Gasteiger partial charge in [-0.25, -0.2) is 4.98 Å². The van der Waals surface area contributed by atoms with E-state index < -0.39 is 24.5 Å². The van der Waals surface area contributed by atoms with Crippen LogP contribution in [0.1, 0.15) is 49.4 Å². The third-order valence-electron chi connectivity index (χ3n) is 7.29. The first-order chi connectivity index (χ1) is 19.0. The molecule has 2 fully saturated rings. The summed E-state index contributed by atoms with van der Waals surface area (Å²) in [6.45, 7) is -0.121. The first-order valence-corrected chi connectivity index (χ1v) is 13.2. The second-order valence-corrected chi connectivity index (χ2v) is 10.1. The molecule has 5 atom stereocenters. The average Bonchev–Trinajstić information content (AvgIpc) is 3.74. The van der Waals surface area contributed by atoms with Gasteiger partial charge in [-0.3, -0.25) is 4.57 Å². The number of aromatic nitrogens is 8. The Hall–Kier alpha value is -3.72. The van der Waals surface area contributed by atoms with E-state index in [-0.39, 0.29) is 24.5 Å². The van der Waals surface area contributed by atoms with Crippen molar-refractivity contribution in [2.45, 2.75) is 68.7 Å². The zero-order valence-corrected chi connectivity index (χ0v) is 21.5. The number of fused-ring (bicyclic) bond motifs is 1. The minimum Gasteiger partial charge on any atom is -0.394 e. The van der Waals surface area contributed by atoms with E-state index in [0.29, 0.717) is 29.4 Å². The lowest BCUT2D eigenvalue weighted by Crippen LogP contribution is -2.29. The molecule has 1 aliphatic heterocycles. The minimum absolute atomic E-state index is 0.121. The Kier molecular flexibility index (Phi) is 7.08. The molecule has 14 heteroatoms. The maximum absolute atomic E-state index is 10.9. The lowest BCUT2D eigenvalue weighted by atomic mass is 10.1. The number of ether oxygens (including phenoxy) is 1. The number of aliphatic hydroxyl groups excluding tert-OH is 3. The van der Waals surface area contributed by atoms with Crippen LogP contribution in [-0.4, -0.2) is 85.9 Å². The summed E-state index contributed by atoms with van der Waals surface area (Å²) in [4.78, 5) is 15.3. The number of nitrogens with one attached hydrogen (secondary N) is 2. The molecule has 1 saturated carbocycles. The highest BCUT2D eigenvalue weighted by molar-refractivity contribution is 5.84. The molecule has 0 amide bonds. The number of rotatable bonds is 9. The van der Waals surface area contributed by atoms with Gasteiger partial charge in [0.15, 0.2) is 29.3 Å². The van der Waals surface area contributed by atoms with E-state index in [1.807, 2.05) is 30.3 Å². The number of benzene rings is 1. The minimum atomic E-state index is -1.29. The topological polar surface area (TPSA) is 181 Å². The maximum Gasteiger partial charge on any atom is 0.227 e. The Bertz CT molecular complexity index is 1410. The highest BCUT2D eigenvalue weighted by atomic mass is 16.6. The van der Waals surface area contributed by atoms with Crippen molar-refractivity contribution in [1.29, 1.82) is 0 Å². The molecule has 2 aliphatic rings. The highest BCUT2D eigenvalue weighted by Crippen LogP contribution is 2.39. The number of aryl methyl sites for hydroxylation is 1. The first-order valence-electron chi connectivity index (χ1n) is 13.2. The van der Waals surface area contributed by atoms with Crippen molar-refractivity contribution in [3.63, 3.8) is 0 Å². The summed E-state index contributed by atoms with van der Waals surface area (Å²) in [5.74, 6) is 1.04. The number of hydrogen-bond donors (Lipinski definition) is 5. The van der Waals surface area contributed by atoms with E-state index in [1.165, 1.54) is 11.1 Å². The molecule has 5 N–H and O–H groups in total. The molecule has 0 spiro atoms. The number of nitrogens with zero attached hydrogens (tertiary/aromatic N) is 8. The van der Waals surface area contributed by atoms with Gasteiger partial charge in [-0.05, 0) is 30.0 Å². The monoisotopic (exact) mass is 536 g/mol. The number of aliphatic hydroxyl groups is 3. The summed E-state index contributed by atoms with van der Waals surface area (Å²) in [7, 11) is 1.61. The van der Waals surface area contributed by atoms with Crippen LogP contribution < -0.4 is 10.6 Å². The van der Waals surface area contributed by atoms with E-state index in [9.17, 15) is 15.3 Å². The van der Waals surface area contributed by atoms with Crippen molar-refractivity contribution in [3.8, 4) is 0 Å². The highest BCUT2D eigenvalue weighted by Gasteiger charge is 2.47. The van der Waals surface area contributed by atoms with Crippen LogP contribution in [0.4, 0.5) is 11.8 Å². The van der Waals surface area contributed by atoms with Gasteiger partial charge < -0.3 is 30.7 Å². The Labute approximate surface area is 224 Å². The van der Waals surface area contributed by atoms with Gasteiger partial charge in [0, 0.05) is 6.04 Å². The van der Waals surface area contributed by atoms with Crippen LogP contribution in [0, 0.1) is 0 Å². The van der Waals surface area contributed by atoms with Gasteiger partial charge in [-0.2, -0.15) is 14.8 Å². The van der Waals surface area contributed by atoms with Crippen molar-refractivity contribution >= 4 is 22.9 Å². The molecule has 4 aromatic rings. The maximum atomic E-state index is 10.9. The number of hydrogen-bond acceptors (Lipinski definition) is 12. The molecule has 0 bridgehead atoms. The van der Waals surface area contributed by atoms with Crippen molar-refractivity contribution in [2.75, 3.05) is 17.2 Å². The molecule has 1 aromatic carbocycles. The molecule has 4 heterocycles. The standard InChI is InChI=1S/C25H32N10O4/c1-34-32-22(31-33-34)20-18(37)19(38)24(39-20)35-13-26-17-21(27-15-9-5-6-10-15)29-25(30-23(17)35)28-16(12-36)11-14-7-3-2-4-8-14/h2-4,7-8,13,15-16,18-20,24,36-38H,5-6,9-12H2,1H3,(H2,27,28,29,30)/t16?,18-,19+,20-,24+/m0/s1. The molecule has 206 valence electrons. The fraction of sp³-hybridized carbons (Fsp3) is 0.520. The van der Waals surface area contributed by atoms with Crippen LogP contribution in [0.2, 0.25) is 0 Å². The largest absolute Gasteiger partial charge is 0.394 e. The van der Waals surface area contributed by atoms with Crippen LogP contribution >= 0.6 is 0 Å². The van der Waals surface area contributed by atoms with Crippen molar-refractivity contribution < 1.29 is 20.1 Å². The van der Waals surface area contributed by atoms with Crippen LogP contribution in [0.25, 0.3) is 11.2 Å². The molecule has 39 heavy (non-hydrogen) atoms. The molecule has 14 nitrogen and oxygen atoms in total. The third kappa shape index (κ3) is 5.15. The first kappa shape index (κ1) is 25.6. The second kappa shape index (κ2) is 10.8. The summed E-state index contributed by atoms with van der Waals surface area (Å²) in [5, 5.41) is 50.4. The molecular weight excluding hydrogens is 504 g/mol. The van der Waals surface area contributed by atoms with Crippen LogP contribution in [-0.2, 0) is 18.2 Å². The van der Waals surface area contributed by atoms with Gasteiger partial charge in [0.25, 0.3) is 0 Å². The summed E-state index contributed by atoms with van der Waals surface area (Å²) < 4.78 is 7.62. The zero-order chi connectivity index (χ0) is 26.9. The smallest absolute Gasteiger partial charge is 0.227 e. The van der Waals surface area contributed by atoms with E-state index in [2.05, 4.69) is 31.0 Å². The molecule has 0 radical (unpaired) electrons. The Morgan fingerprint density at radius 2 is 1.90 bits per heavy atom. The van der Waals surface area contributed by atoms with Gasteiger partial charge in [0.1, 0.15) is 12.2 Å². The predicted octanol–water partition coefficient (Wildman–Crippen LogP) is 0.712. The lowest BCUT2D eigenvalue weighted by Gasteiger charge is -2.20. The molecule has 3 aromatic heterocycles. The van der Waals surface area contributed by atoms with Gasteiger partial charge >= 0.3 is 0 Å². The van der Waals surface area contributed by atoms with E-state index in [0.717, 1.165) is 31.2 Å². The summed E-state index contributed by atoms with van der Waals surface area (Å²) >= 11 is 0. The Balaban J connectivity index is 1.34. The zero-order valence-electron chi connectivity index (χ0n) is 21.5. The summed E-state index contributed by atoms with van der Waals surface area (Å²) in [5.41, 5.74) is 2.00. The Morgan fingerprint density at radius 1 is 1.10 bits per heavy atom. The van der Waals surface area contributed by atoms with Gasteiger partial charge in [0.05, 0.1) is 26.0 Å². The SMILES string of the molecule is Cn1nnc([C@H]2O[C@@H](n3cnc4c(NC5CCCC5)nc(NC(CO)Cc5ccccc5)nc43)[C@H](O)[C@@H]2O)n1. The van der Waals surface area contributed by atoms with Gasteiger partial charge in [-0.1, -0.05) is 43.2 Å². The fourth-order valence-electron chi connectivity index (χ4n) is 5.29. The second-order valence-electron chi connectivity index (χ2n) is 10.1. The van der Waals surface area contributed by atoms with Crippen LogP contribution in [0.5, 0.6) is 0 Å². The van der Waals surface area contributed by atoms with E-state index in [4.69, 9.17) is 14.7 Å². The average molecular weight is 537 g/mol. The third-order valence-corrected chi connectivity index (χ3v) is 7.29. The van der Waals surface area contributed by atoms with Crippen molar-refractivity contribution in [2.24, 2.45) is 7.05 Å². The normalized spacial score (nSPS) is 24.4. The number of anilines is 2. The Morgan fingerprint density at radius 3 is 2.62 bits per heavy atom. The summed E-state index contributed by atoms with van der Waals surface area (Å²) in [6.07, 6.45) is 1.90. The summed E-state index contributed by atoms with van der Waals surface area (Å²) in [6, 6.07) is 9.81. The lowest BCUT2D eigenvalue weighted by molar-refractivity contribution is -0.0384. The molecule has 6 rings (SSSR count). The number of imidazole rings is 1. The molecular formula is C25H32N10O4. The van der Waals surface area contributed by atoms with E-state index >= 15 is 0 Å². The molecule has 1 saturated heterocycles.